The van der Waals surface area contributed by atoms with Gasteiger partial charge in [0, 0.05) is 21.8 Å². The van der Waals surface area contributed by atoms with Crippen molar-refractivity contribution in [1.29, 1.82) is 0 Å². The Morgan fingerprint density at radius 1 is 1.03 bits per heavy atom. The first-order valence-electron chi connectivity index (χ1n) is 8.87. The van der Waals surface area contributed by atoms with Crippen molar-refractivity contribution in [2.75, 3.05) is 11.9 Å². The van der Waals surface area contributed by atoms with Gasteiger partial charge in [0.1, 0.15) is 11.6 Å². The highest BCUT2D eigenvalue weighted by molar-refractivity contribution is 6.30. The number of hydrogen-bond donors (Lipinski definition) is 2. The molecule has 0 unspecified atom stereocenters. The zero-order chi connectivity index (χ0) is 21.3. The molecule has 0 aliphatic carbocycles. The molecule has 0 aliphatic rings. The summed E-state index contributed by atoms with van der Waals surface area (Å²) >= 11 is 6.02. The summed E-state index contributed by atoms with van der Waals surface area (Å²) in [5.41, 5.74) is 3.81. The highest BCUT2D eigenvalue weighted by atomic mass is 35.5. The van der Waals surface area contributed by atoms with E-state index in [1.165, 1.54) is 30.5 Å². The van der Waals surface area contributed by atoms with Gasteiger partial charge in [0.25, 0.3) is 11.8 Å². The predicted molar refractivity (Wildman–Crippen MR) is 113 cm³/mol. The molecule has 2 amide bonds. The van der Waals surface area contributed by atoms with Gasteiger partial charge >= 0.3 is 0 Å². The van der Waals surface area contributed by atoms with E-state index in [1.54, 1.807) is 42.5 Å². The Morgan fingerprint density at radius 2 is 1.77 bits per heavy atom. The molecule has 3 aromatic carbocycles. The number of rotatable bonds is 7. The van der Waals surface area contributed by atoms with E-state index in [2.05, 4.69) is 15.8 Å². The molecule has 8 heteroatoms. The van der Waals surface area contributed by atoms with Gasteiger partial charge in [-0.3, -0.25) is 9.59 Å². The van der Waals surface area contributed by atoms with Crippen molar-refractivity contribution >= 4 is 35.3 Å². The molecule has 0 aliphatic heterocycles. The molecular formula is C22H17ClFN3O3. The molecule has 0 bridgehead atoms. The first-order chi connectivity index (χ1) is 14.5. The Morgan fingerprint density at radius 3 is 2.50 bits per heavy atom. The van der Waals surface area contributed by atoms with Crippen LogP contribution in [0.15, 0.2) is 77.9 Å². The summed E-state index contributed by atoms with van der Waals surface area (Å²) in [5.74, 6) is -0.827. The van der Waals surface area contributed by atoms with Gasteiger partial charge in [-0.2, -0.15) is 5.10 Å². The van der Waals surface area contributed by atoms with Crippen molar-refractivity contribution < 1.29 is 18.7 Å². The Kier molecular flexibility index (Phi) is 7.13. The zero-order valence-corrected chi connectivity index (χ0v) is 16.4. The molecule has 152 valence electrons. The van der Waals surface area contributed by atoms with E-state index in [4.69, 9.17) is 16.3 Å². The molecular weight excluding hydrogens is 409 g/mol. The molecule has 0 atom stereocenters. The van der Waals surface area contributed by atoms with Gasteiger partial charge in [-0.25, -0.2) is 9.82 Å². The number of nitrogens with one attached hydrogen (secondary N) is 2. The molecule has 3 aromatic rings. The number of benzene rings is 3. The summed E-state index contributed by atoms with van der Waals surface area (Å²) in [6.07, 6.45) is 1.37. The lowest BCUT2D eigenvalue weighted by Gasteiger charge is -2.10. The van der Waals surface area contributed by atoms with Gasteiger partial charge in [0.2, 0.25) is 0 Å². The average Bonchev–Trinajstić information content (AvgIpc) is 2.75. The van der Waals surface area contributed by atoms with Gasteiger partial charge < -0.3 is 10.1 Å². The summed E-state index contributed by atoms with van der Waals surface area (Å²) in [4.78, 5) is 24.1. The maximum Gasteiger partial charge on any atom is 0.271 e. The fourth-order valence-electron chi connectivity index (χ4n) is 2.44. The second kappa shape index (κ2) is 10.2. The topological polar surface area (TPSA) is 79.8 Å². The van der Waals surface area contributed by atoms with Gasteiger partial charge in [-0.1, -0.05) is 29.8 Å². The molecule has 6 nitrogen and oxygen atoms in total. The van der Waals surface area contributed by atoms with E-state index in [0.717, 1.165) is 0 Å². The SMILES string of the molecule is O=C(COc1ccc(Cl)cc1C=NNC(=O)c1ccccc1)Nc1ccc(F)cc1. The fourth-order valence-corrected chi connectivity index (χ4v) is 2.62. The second-order valence-corrected chi connectivity index (χ2v) is 6.53. The molecule has 0 saturated heterocycles. The van der Waals surface area contributed by atoms with Crippen LogP contribution in [0.3, 0.4) is 0 Å². The van der Waals surface area contributed by atoms with Crippen LogP contribution in [0.4, 0.5) is 10.1 Å². The van der Waals surface area contributed by atoms with Crippen LogP contribution in [0.25, 0.3) is 0 Å². The van der Waals surface area contributed by atoms with Gasteiger partial charge in [0.15, 0.2) is 6.61 Å². The molecule has 0 saturated carbocycles. The van der Waals surface area contributed by atoms with E-state index < -0.39 is 11.7 Å². The number of carbonyl (C=O) groups excluding carboxylic acids is 2. The highest BCUT2D eigenvalue weighted by Crippen LogP contribution is 2.21. The van der Waals surface area contributed by atoms with Crippen LogP contribution < -0.4 is 15.5 Å². The minimum absolute atomic E-state index is 0.282. The third kappa shape index (κ3) is 6.15. The summed E-state index contributed by atoms with van der Waals surface area (Å²) in [5, 5.41) is 6.96. The molecule has 3 rings (SSSR count). The first kappa shape index (κ1) is 21.0. The monoisotopic (exact) mass is 425 g/mol. The van der Waals surface area contributed by atoms with Crippen molar-refractivity contribution in [3.63, 3.8) is 0 Å². The summed E-state index contributed by atoms with van der Waals surface area (Å²) in [7, 11) is 0. The predicted octanol–water partition coefficient (Wildman–Crippen LogP) is 4.26. The molecule has 0 spiro atoms. The summed E-state index contributed by atoms with van der Waals surface area (Å²) in [6, 6.07) is 18.8. The van der Waals surface area contributed by atoms with Crippen LogP contribution >= 0.6 is 11.6 Å². The number of halogens is 2. The van der Waals surface area contributed by atoms with Crippen LogP contribution in [-0.4, -0.2) is 24.6 Å². The number of amides is 2. The van der Waals surface area contributed by atoms with Crippen LogP contribution in [0.5, 0.6) is 5.75 Å². The van der Waals surface area contributed by atoms with Crippen molar-refractivity contribution in [1.82, 2.24) is 5.43 Å². The van der Waals surface area contributed by atoms with E-state index in [1.807, 2.05) is 6.07 Å². The lowest BCUT2D eigenvalue weighted by molar-refractivity contribution is -0.118. The Balaban J connectivity index is 1.61. The molecule has 0 radical (unpaired) electrons. The van der Waals surface area contributed by atoms with Crippen molar-refractivity contribution in [3.05, 3.63) is 94.8 Å². The van der Waals surface area contributed by atoms with Crippen molar-refractivity contribution in [3.8, 4) is 5.75 Å². The minimum Gasteiger partial charge on any atom is -0.483 e. The number of anilines is 1. The number of ether oxygens (including phenoxy) is 1. The second-order valence-electron chi connectivity index (χ2n) is 6.09. The van der Waals surface area contributed by atoms with Crippen LogP contribution in [0.2, 0.25) is 5.02 Å². The number of hydrogen-bond acceptors (Lipinski definition) is 4. The first-order valence-corrected chi connectivity index (χ1v) is 9.25. The summed E-state index contributed by atoms with van der Waals surface area (Å²) < 4.78 is 18.5. The quantitative estimate of drug-likeness (QED) is 0.438. The Labute approximate surface area is 177 Å². The molecule has 0 fully saturated rings. The van der Waals surface area contributed by atoms with Gasteiger partial charge in [0.05, 0.1) is 6.21 Å². The van der Waals surface area contributed by atoms with E-state index in [-0.39, 0.29) is 12.5 Å². The lowest BCUT2D eigenvalue weighted by atomic mass is 10.2. The van der Waals surface area contributed by atoms with Crippen LogP contribution in [0.1, 0.15) is 15.9 Å². The van der Waals surface area contributed by atoms with Gasteiger partial charge in [-0.15, -0.1) is 0 Å². The zero-order valence-electron chi connectivity index (χ0n) is 15.6. The van der Waals surface area contributed by atoms with Crippen LogP contribution in [-0.2, 0) is 4.79 Å². The normalized spacial score (nSPS) is 10.6. The van der Waals surface area contributed by atoms with Crippen molar-refractivity contribution in [2.24, 2.45) is 5.10 Å². The number of nitrogens with zero attached hydrogens (tertiary/aromatic N) is 1. The third-order valence-electron chi connectivity index (χ3n) is 3.86. The van der Waals surface area contributed by atoms with E-state index in [9.17, 15) is 14.0 Å². The standard InChI is InChI=1S/C22H17ClFN3O3/c23-17-6-11-20(30-14-21(28)26-19-9-7-18(24)8-10-19)16(12-17)13-25-27-22(29)15-4-2-1-3-5-15/h1-13H,14H2,(H,26,28)(H,27,29). The summed E-state index contributed by atoms with van der Waals surface area (Å²) in [6.45, 7) is -0.282. The van der Waals surface area contributed by atoms with E-state index >= 15 is 0 Å². The minimum atomic E-state index is -0.420. The lowest BCUT2D eigenvalue weighted by Crippen LogP contribution is -2.20. The Bertz CT molecular complexity index is 1060. The van der Waals surface area contributed by atoms with Gasteiger partial charge in [-0.05, 0) is 54.6 Å². The van der Waals surface area contributed by atoms with E-state index in [0.29, 0.717) is 27.6 Å². The van der Waals surface area contributed by atoms with Crippen LogP contribution in [0, 0.1) is 5.82 Å². The van der Waals surface area contributed by atoms with Crippen molar-refractivity contribution in [2.45, 2.75) is 0 Å². The maximum absolute atomic E-state index is 12.9. The fraction of sp³-hybridized carbons (Fsp3) is 0.0455. The third-order valence-corrected chi connectivity index (χ3v) is 4.10. The Hall–Kier alpha value is -3.71. The number of hydrazone groups is 1. The average molecular weight is 426 g/mol. The number of carbonyl (C=O) groups is 2. The molecule has 2 N–H and O–H groups in total. The smallest absolute Gasteiger partial charge is 0.271 e. The molecule has 30 heavy (non-hydrogen) atoms. The molecule has 0 aromatic heterocycles. The maximum atomic E-state index is 12.9. The molecule has 0 heterocycles. The largest absolute Gasteiger partial charge is 0.483 e. The highest BCUT2D eigenvalue weighted by Gasteiger charge is 2.08.